The molecular weight excluding hydrogens is 903 g/mol. The molecule has 7 rings (SSSR count). The van der Waals surface area contributed by atoms with Crippen LogP contribution in [-0.4, -0.2) is 109 Å². The summed E-state index contributed by atoms with van der Waals surface area (Å²) in [7, 11) is -2.74. The number of carbonyl (C=O) groups is 6. The number of esters is 4. The molecule has 3 aliphatic carbocycles. The number of ketones is 1. The third-order valence-corrected chi connectivity index (χ3v) is 20.4. The number of Topliss-reactive ketones (excluding diaryl/α,β-unsaturated/α-hetero) is 1. The lowest BCUT2D eigenvalue weighted by Gasteiger charge is -2.67. The Hall–Kier alpha value is -5.52. The Balaban J connectivity index is 1.44. The van der Waals surface area contributed by atoms with Gasteiger partial charge in [-0.2, -0.15) is 0 Å². The van der Waals surface area contributed by atoms with Crippen LogP contribution in [0.15, 0.2) is 102 Å². The fourth-order valence-electron chi connectivity index (χ4n) is 11.6. The van der Waals surface area contributed by atoms with Crippen molar-refractivity contribution in [2.45, 2.75) is 147 Å². The Morgan fingerprint density at radius 1 is 0.812 bits per heavy atom. The number of ether oxygens (including phenoxy) is 5. The molecule has 1 heterocycles. The first-order valence-electron chi connectivity index (χ1n) is 23.8. The lowest BCUT2D eigenvalue weighted by atomic mass is 9.44. The van der Waals surface area contributed by atoms with Crippen LogP contribution in [0.5, 0.6) is 0 Å². The van der Waals surface area contributed by atoms with Gasteiger partial charge in [0.25, 0.3) is 5.91 Å². The second-order valence-electron chi connectivity index (χ2n) is 19.7. The largest absolute Gasteiger partial charge is 0.456 e. The molecule has 0 radical (unpaired) electrons. The monoisotopic (exact) mass is 967 g/mol. The average Bonchev–Trinajstić information content (AvgIpc) is 3.33. The van der Waals surface area contributed by atoms with Gasteiger partial charge in [0.2, 0.25) is 0 Å². The predicted octanol–water partition coefficient (Wildman–Crippen LogP) is 6.77. The maximum atomic E-state index is 15.8. The third-order valence-electron chi connectivity index (χ3n) is 15.8. The Bertz CT molecular complexity index is 2450. The van der Waals surface area contributed by atoms with E-state index in [4.69, 9.17) is 28.1 Å². The molecule has 15 nitrogen and oxygen atoms in total. The molecule has 1 saturated heterocycles. The molecule has 2 saturated carbocycles. The lowest BCUT2D eigenvalue weighted by Crippen LogP contribution is -2.82. The summed E-state index contributed by atoms with van der Waals surface area (Å²) in [5.74, 6) is -6.25. The molecule has 0 spiro atoms. The molecule has 0 aromatic heterocycles. The maximum absolute atomic E-state index is 15.8. The van der Waals surface area contributed by atoms with Crippen LogP contribution in [0, 0.1) is 16.7 Å². The zero-order chi connectivity index (χ0) is 50.3. The molecule has 11 atom stereocenters. The summed E-state index contributed by atoms with van der Waals surface area (Å²) < 4.78 is 38.3. The van der Waals surface area contributed by atoms with Crippen molar-refractivity contribution in [2.24, 2.45) is 16.7 Å². The topological polar surface area (TPSA) is 210 Å². The van der Waals surface area contributed by atoms with Gasteiger partial charge in [-0.1, -0.05) is 101 Å². The summed E-state index contributed by atoms with van der Waals surface area (Å²) in [6.45, 7) is 14.3. The molecule has 3 aromatic carbocycles. The van der Waals surface area contributed by atoms with Crippen molar-refractivity contribution in [1.82, 2.24) is 5.32 Å². The minimum Gasteiger partial charge on any atom is -0.456 e. The number of benzene rings is 3. The quantitative estimate of drug-likeness (QED) is 0.0622. The summed E-state index contributed by atoms with van der Waals surface area (Å²) >= 11 is 0. The van der Waals surface area contributed by atoms with E-state index < -0.39 is 121 Å². The zero-order valence-corrected chi connectivity index (χ0v) is 41.8. The molecule has 2 bridgehead atoms. The minimum absolute atomic E-state index is 0.0595. The van der Waals surface area contributed by atoms with Crippen LogP contribution in [0.25, 0.3) is 0 Å². The smallest absolute Gasteiger partial charge is 0.338 e. The van der Waals surface area contributed by atoms with Crippen LogP contribution in [0.3, 0.4) is 0 Å². The van der Waals surface area contributed by atoms with Crippen molar-refractivity contribution in [3.05, 3.63) is 119 Å². The second-order valence-corrected chi connectivity index (χ2v) is 24.4. The number of hydrogen-bond acceptors (Lipinski definition) is 14. The first kappa shape index (κ1) is 51.3. The highest BCUT2D eigenvalue weighted by molar-refractivity contribution is 6.73. The lowest BCUT2D eigenvalue weighted by molar-refractivity contribution is -0.346. The molecule has 3 N–H and O–H groups in total. The molecule has 3 aromatic rings. The van der Waals surface area contributed by atoms with E-state index in [0.717, 1.165) is 6.92 Å². The molecule has 69 heavy (non-hydrogen) atoms. The van der Waals surface area contributed by atoms with Gasteiger partial charge in [-0.25, -0.2) is 9.59 Å². The summed E-state index contributed by atoms with van der Waals surface area (Å²) in [5, 5.41) is 29.3. The maximum Gasteiger partial charge on any atom is 0.338 e. The van der Waals surface area contributed by atoms with Gasteiger partial charge in [0.15, 0.2) is 31.9 Å². The highest BCUT2D eigenvalue weighted by atomic mass is 28.4. The number of nitrogens with one attached hydrogen (secondary N) is 1. The van der Waals surface area contributed by atoms with Gasteiger partial charge < -0.3 is 43.6 Å². The average molecular weight is 968 g/mol. The van der Waals surface area contributed by atoms with Crippen LogP contribution < -0.4 is 5.32 Å². The molecule has 16 heteroatoms. The number of fused-ring (bicyclic) bond motifs is 5. The van der Waals surface area contributed by atoms with Gasteiger partial charge in [-0.3, -0.25) is 19.2 Å². The first-order chi connectivity index (χ1) is 32.6. The Kier molecular flexibility index (Phi) is 14.7. The van der Waals surface area contributed by atoms with E-state index in [1.54, 1.807) is 93.6 Å². The molecular formula is C53H65NO14Si. The van der Waals surface area contributed by atoms with Gasteiger partial charge >= 0.3 is 23.9 Å². The number of carbonyl (C=O) groups excluding carboxylic acids is 6. The van der Waals surface area contributed by atoms with Gasteiger partial charge in [-0.15, -0.1) is 0 Å². The Morgan fingerprint density at radius 3 is 1.90 bits per heavy atom. The van der Waals surface area contributed by atoms with E-state index in [-0.39, 0.29) is 29.7 Å². The van der Waals surface area contributed by atoms with Gasteiger partial charge in [-0.05, 0) is 73.0 Å². The highest BCUT2D eigenvalue weighted by Gasteiger charge is 2.78. The number of hydrogen-bond donors (Lipinski definition) is 3. The zero-order valence-electron chi connectivity index (χ0n) is 40.8. The van der Waals surface area contributed by atoms with E-state index in [1.165, 1.54) is 26.0 Å². The number of aliphatic hydroxyl groups excluding tert-OH is 1. The fraction of sp³-hybridized carbons (Fsp3) is 0.509. The number of rotatable bonds is 15. The van der Waals surface area contributed by atoms with Crippen molar-refractivity contribution < 1.29 is 67.1 Å². The van der Waals surface area contributed by atoms with E-state index in [2.05, 4.69) is 5.32 Å². The molecule has 1 unspecified atom stereocenters. The molecule has 370 valence electrons. The Labute approximate surface area is 404 Å². The normalized spacial score (nSPS) is 30.1. The third kappa shape index (κ3) is 8.98. The SMILES string of the molecule is CC[Si](CC)(CC)O[C@H](C(=O)OC1C[C@@]2(O)[C@@H](OC(=O)c3ccccc3)[C@@H]3[C@]4(OC(C)=O)CO[C@@H]4C[C@H](O)[C@@]3(C)C(=O)[C@H](OC(C)=O)C(=C1C)C2(C)C)[C@@H](NC(=O)c1ccccc1)c1ccccc1. The van der Waals surface area contributed by atoms with Crippen LogP contribution in [0.2, 0.25) is 18.1 Å². The standard InChI is InChI=1S/C53H65NO14Si/c1-10-69(11-2,12-3)68-43(41(34-22-16-13-17-23-34)54-47(59)35-24-18-14-19-25-35)49(61)65-37-29-53(62)46(66-48(60)36-26-20-15-21-27-36)44-51(9,38(57)28-39-52(44,30-63-39)67-33(6)56)45(58)42(64-32(5)55)40(31(37)4)50(53,7)8/h13-27,37-39,41-44,46,57,62H,10-12,28-30H2,1-9H3,(H,54,59)/t37?,38-,39+,41-,42+,43-,44-,46-,51+,52-,53+/m0/s1. The number of aliphatic hydroxyl groups is 2. The van der Waals surface area contributed by atoms with Crippen molar-refractivity contribution in [2.75, 3.05) is 6.61 Å². The van der Waals surface area contributed by atoms with Crippen molar-refractivity contribution in [3.8, 4) is 0 Å². The van der Waals surface area contributed by atoms with Crippen LogP contribution in [-0.2, 0) is 47.3 Å². The second kappa shape index (κ2) is 19.7. The summed E-state index contributed by atoms with van der Waals surface area (Å²) in [5.41, 5.74) is -6.50. The van der Waals surface area contributed by atoms with E-state index in [1.807, 2.05) is 26.8 Å². The van der Waals surface area contributed by atoms with E-state index >= 15 is 9.59 Å². The first-order valence-corrected chi connectivity index (χ1v) is 26.4. The number of amides is 1. The molecule has 1 aliphatic heterocycles. The molecule has 3 fully saturated rings. The summed E-state index contributed by atoms with van der Waals surface area (Å²) in [6, 6.07) is 26.2. The van der Waals surface area contributed by atoms with Crippen LogP contribution in [0.4, 0.5) is 0 Å². The van der Waals surface area contributed by atoms with E-state index in [0.29, 0.717) is 29.3 Å². The van der Waals surface area contributed by atoms with Gasteiger partial charge in [0.1, 0.15) is 23.9 Å². The van der Waals surface area contributed by atoms with E-state index in [9.17, 15) is 29.4 Å². The highest BCUT2D eigenvalue weighted by Crippen LogP contribution is 2.64. The van der Waals surface area contributed by atoms with Crippen LogP contribution >= 0.6 is 0 Å². The van der Waals surface area contributed by atoms with Crippen molar-refractivity contribution in [3.63, 3.8) is 0 Å². The van der Waals surface area contributed by atoms with Gasteiger partial charge in [0.05, 0.1) is 35.6 Å². The summed E-state index contributed by atoms with van der Waals surface area (Å²) in [4.78, 5) is 86.2. The van der Waals surface area contributed by atoms with Crippen LogP contribution in [0.1, 0.15) is 107 Å². The van der Waals surface area contributed by atoms with Gasteiger partial charge in [0, 0.05) is 37.7 Å². The van der Waals surface area contributed by atoms with Crippen molar-refractivity contribution in [1.29, 1.82) is 0 Å². The summed E-state index contributed by atoms with van der Waals surface area (Å²) in [6.07, 6.45) is -9.69. The minimum atomic E-state index is -2.74. The fourth-order valence-corrected chi connectivity index (χ4v) is 14.3. The Morgan fingerprint density at radius 2 is 1.38 bits per heavy atom. The molecule has 4 aliphatic rings. The predicted molar refractivity (Wildman–Crippen MR) is 254 cm³/mol. The molecule has 1 amide bonds. The van der Waals surface area contributed by atoms with Crippen molar-refractivity contribution >= 4 is 43.9 Å².